The minimum absolute atomic E-state index is 0.140. The summed E-state index contributed by atoms with van der Waals surface area (Å²) in [5.74, 6) is -0.817. The lowest BCUT2D eigenvalue weighted by molar-refractivity contribution is -0.211. The monoisotopic (exact) mass is 234 g/mol. The van der Waals surface area contributed by atoms with E-state index in [-0.39, 0.29) is 15.7 Å². The van der Waals surface area contributed by atoms with E-state index in [1.165, 1.54) is 0 Å². The quantitative estimate of drug-likeness (QED) is 0.703. The van der Waals surface area contributed by atoms with Crippen molar-refractivity contribution in [3.8, 4) is 0 Å². The summed E-state index contributed by atoms with van der Waals surface area (Å²) < 4.78 is 5.30. The Balaban J connectivity index is 2.32. The highest BCUT2D eigenvalue weighted by molar-refractivity contribution is 9.10. The average molecular weight is 235 g/mol. The number of fused-ring (bicyclic) bond motifs is 1. The van der Waals surface area contributed by atoms with Gasteiger partial charge in [0.2, 0.25) is 0 Å². The summed E-state index contributed by atoms with van der Waals surface area (Å²) in [6, 6.07) is 0. The van der Waals surface area contributed by atoms with Crippen LogP contribution in [0.25, 0.3) is 0 Å². The van der Waals surface area contributed by atoms with Gasteiger partial charge in [0.1, 0.15) is 0 Å². The fourth-order valence-corrected chi connectivity index (χ4v) is 3.53. The fourth-order valence-electron chi connectivity index (χ4n) is 2.23. The van der Waals surface area contributed by atoms with Gasteiger partial charge in [-0.25, -0.2) is 0 Å². The van der Waals surface area contributed by atoms with Gasteiger partial charge in [-0.2, -0.15) is 0 Å². The fraction of sp³-hybridized carbons (Fsp3) is 1.00. The lowest BCUT2D eigenvalue weighted by atomic mass is 9.95. The van der Waals surface area contributed by atoms with E-state index in [9.17, 15) is 5.11 Å². The molecule has 0 radical (unpaired) electrons. The first kappa shape index (κ1) is 8.97. The van der Waals surface area contributed by atoms with Crippen molar-refractivity contribution in [2.75, 3.05) is 6.61 Å². The van der Waals surface area contributed by atoms with Gasteiger partial charge in [0.15, 0.2) is 5.79 Å². The van der Waals surface area contributed by atoms with E-state index in [1.807, 2.05) is 13.8 Å². The minimum atomic E-state index is -0.957. The summed E-state index contributed by atoms with van der Waals surface area (Å²) >= 11 is 3.62. The Morgan fingerprint density at radius 3 is 2.25 bits per heavy atom. The Kier molecular flexibility index (Phi) is 1.55. The molecule has 2 rings (SSSR count). The highest BCUT2D eigenvalue weighted by Crippen LogP contribution is 2.73. The molecule has 0 amide bonds. The van der Waals surface area contributed by atoms with E-state index in [1.54, 1.807) is 0 Å². The molecule has 1 N–H and O–H groups in total. The van der Waals surface area contributed by atoms with Gasteiger partial charge >= 0.3 is 0 Å². The summed E-state index contributed by atoms with van der Waals surface area (Å²) in [5, 5.41) is 10.2. The lowest BCUT2D eigenvalue weighted by Crippen LogP contribution is -2.45. The zero-order valence-corrected chi connectivity index (χ0v) is 9.31. The smallest absolute Gasteiger partial charge is 0.183 e. The number of aliphatic hydroxyl groups is 1. The molecule has 0 aromatic rings. The molecule has 2 nitrogen and oxygen atoms in total. The van der Waals surface area contributed by atoms with Gasteiger partial charge in [-0.1, -0.05) is 36.7 Å². The molecule has 1 aliphatic carbocycles. The van der Waals surface area contributed by atoms with E-state index in [2.05, 4.69) is 22.9 Å². The molecule has 0 unspecified atom stereocenters. The van der Waals surface area contributed by atoms with Crippen LogP contribution in [0.15, 0.2) is 0 Å². The predicted octanol–water partition coefficient (Wildman–Crippen LogP) is 1.90. The third-order valence-electron chi connectivity index (χ3n) is 3.43. The van der Waals surface area contributed by atoms with Crippen LogP contribution in [0, 0.1) is 11.3 Å². The molecule has 1 saturated heterocycles. The molecule has 0 bridgehead atoms. The Labute approximate surface area is 81.4 Å². The summed E-state index contributed by atoms with van der Waals surface area (Å²) in [4.78, 5) is 0. The standard InChI is InChI=1S/C9H15BrO2/c1-6(2)9(11)8(10)4-7(8,3)5-12-9/h6,11H,4-5H2,1-3H3/t7-,8+,9-/m0/s1. The Bertz CT molecular complexity index is 227. The largest absolute Gasteiger partial charge is 0.364 e. The molecule has 3 atom stereocenters. The Hall–Kier alpha value is 0.400. The number of rotatable bonds is 1. The van der Waals surface area contributed by atoms with Crippen molar-refractivity contribution in [1.29, 1.82) is 0 Å². The van der Waals surface area contributed by atoms with E-state index in [0.29, 0.717) is 6.61 Å². The summed E-state index contributed by atoms with van der Waals surface area (Å²) in [6.07, 6.45) is 1.02. The molecule has 12 heavy (non-hydrogen) atoms. The van der Waals surface area contributed by atoms with E-state index in [4.69, 9.17) is 4.74 Å². The van der Waals surface area contributed by atoms with Crippen LogP contribution >= 0.6 is 15.9 Å². The Morgan fingerprint density at radius 2 is 2.08 bits per heavy atom. The van der Waals surface area contributed by atoms with Gasteiger partial charge in [-0.3, -0.25) is 0 Å². The number of alkyl halides is 1. The van der Waals surface area contributed by atoms with Crippen molar-refractivity contribution in [3.05, 3.63) is 0 Å². The van der Waals surface area contributed by atoms with Gasteiger partial charge in [0, 0.05) is 11.3 Å². The van der Waals surface area contributed by atoms with Crippen LogP contribution in [-0.4, -0.2) is 21.8 Å². The first-order chi connectivity index (χ1) is 5.36. The molecule has 0 aromatic carbocycles. The summed E-state index contributed by atoms with van der Waals surface area (Å²) in [5.41, 5.74) is 0.159. The van der Waals surface area contributed by atoms with Crippen LogP contribution < -0.4 is 0 Å². The van der Waals surface area contributed by atoms with Crippen LogP contribution in [0.5, 0.6) is 0 Å². The number of hydrogen-bond acceptors (Lipinski definition) is 2. The van der Waals surface area contributed by atoms with E-state index < -0.39 is 5.79 Å². The lowest BCUT2D eigenvalue weighted by Gasteiger charge is -2.32. The maximum absolute atomic E-state index is 10.2. The number of ether oxygens (including phenoxy) is 1. The van der Waals surface area contributed by atoms with Crippen molar-refractivity contribution in [1.82, 2.24) is 0 Å². The molecule has 1 heterocycles. The third kappa shape index (κ3) is 0.733. The molecule has 1 saturated carbocycles. The van der Waals surface area contributed by atoms with Crippen LogP contribution in [0.3, 0.4) is 0 Å². The SMILES string of the molecule is CC(C)[C@]1(O)OC[C@]2(C)C[C@@]21Br. The second kappa shape index (κ2) is 2.07. The van der Waals surface area contributed by atoms with Gasteiger partial charge in [0.05, 0.1) is 10.9 Å². The van der Waals surface area contributed by atoms with Crippen LogP contribution in [0.4, 0.5) is 0 Å². The normalized spacial score (nSPS) is 57.5. The van der Waals surface area contributed by atoms with Crippen molar-refractivity contribution >= 4 is 15.9 Å². The second-order valence-corrected chi connectivity index (χ2v) is 6.03. The molecule has 2 fully saturated rings. The summed E-state index contributed by atoms with van der Waals surface area (Å²) in [7, 11) is 0. The van der Waals surface area contributed by atoms with Crippen LogP contribution in [0.2, 0.25) is 0 Å². The third-order valence-corrected chi connectivity index (χ3v) is 5.23. The van der Waals surface area contributed by atoms with Crippen molar-refractivity contribution < 1.29 is 9.84 Å². The van der Waals surface area contributed by atoms with E-state index >= 15 is 0 Å². The highest BCUT2D eigenvalue weighted by atomic mass is 79.9. The van der Waals surface area contributed by atoms with E-state index in [0.717, 1.165) is 6.42 Å². The first-order valence-corrected chi connectivity index (χ1v) is 5.20. The molecular weight excluding hydrogens is 220 g/mol. The van der Waals surface area contributed by atoms with Crippen LogP contribution in [-0.2, 0) is 4.74 Å². The first-order valence-electron chi connectivity index (χ1n) is 4.41. The zero-order chi connectivity index (χ0) is 9.20. The molecular formula is C9H15BrO2. The zero-order valence-electron chi connectivity index (χ0n) is 7.72. The molecule has 2 aliphatic rings. The van der Waals surface area contributed by atoms with Crippen molar-refractivity contribution in [2.24, 2.45) is 11.3 Å². The number of hydrogen-bond donors (Lipinski definition) is 1. The predicted molar refractivity (Wildman–Crippen MR) is 50.1 cm³/mol. The number of halogens is 1. The molecule has 1 aliphatic heterocycles. The Morgan fingerprint density at radius 1 is 1.50 bits per heavy atom. The molecule has 3 heteroatoms. The van der Waals surface area contributed by atoms with Crippen molar-refractivity contribution in [2.45, 2.75) is 37.3 Å². The second-order valence-electron chi connectivity index (χ2n) is 4.68. The van der Waals surface area contributed by atoms with Gasteiger partial charge in [-0.05, 0) is 6.42 Å². The summed E-state index contributed by atoms with van der Waals surface area (Å²) in [6.45, 7) is 6.81. The maximum Gasteiger partial charge on any atom is 0.183 e. The average Bonchev–Trinajstić information content (AvgIpc) is 2.45. The van der Waals surface area contributed by atoms with Gasteiger partial charge in [-0.15, -0.1) is 0 Å². The minimum Gasteiger partial charge on any atom is -0.364 e. The van der Waals surface area contributed by atoms with Gasteiger partial charge < -0.3 is 9.84 Å². The van der Waals surface area contributed by atoms with Crippen LogP contribution in [0.1, 0.15) is 27.2 Å². The highest BCUT2D eigenvalue weighted by Gasteiger charge is 2.79. The topological polar surface area (TPSA) is 29.5 Å². The molecule has 0 aromatic heterocycles. The maximum atomic E-state index is 10.2. The van der Waals surface area contributed by atoms with Crippen molar-refractivity contribution in [3.63, 3.8) is 0 Å². The molecule has 70 valence electrons. The van der Waals surface area contributed by atoms with Gasteiger partial charge in [0.25, 0.3) is 0 Å². The molecule has 0 spiro atoms.